The predicted octanol–water partition coefficient (Wildman–Crippen LogP) is 3.62. The van der Waals surface area contributed by atoms with Crippen molar-refractivity contribution < 1.29 is 23.9 Å². The average molecular weight is 375 g/mol. The molecule has 0 saturated carbocycles. The number of nitrogens with zero attached hydrogens (tertiary/aromatic N) is 1. The Morgan fingerprint density at radius 2 is 1.93 bits per heavy atom. The van der Waals surface area contributed by atoms with E-state index < -0.39 is 12.1 Å². The van der Waals surface area contributed by atoms with Gasteiger partial charge in [-0.3, -0.25) is 19.3 Å². The van der Waals surface area contributed by atoms with Gasteiger partial charge in [0.25, 0.3) is 5.91 Å². The molecule has 6 nitrogen and oxygen atoms in total. The molecule has 1 aliphatic heterocycles. The lowest BCUT2D eigenvalue weighted by atomic mass is 10.0. The van der Waals surface area contributed by atoms with E-state index >= 15 is 0 Å². The molecule has 148 valence electrons. The summed E-state index contributed by atoms with van der Waals surface area (Å²) in [6.07, 6.45) is 0.455. The van der Waals surface area contributed by atoms with Crippen molar-refractivity contribution in [2.24, 2.45) is 11.8 Å². The lowest BCUT2D eigenvalue weighted by Crippen LogP contribution is -2.50. The van der Waals surface area contributed by atoms with Crippen molar-refractivity contribution in [2.45, 2.75) is 53.6 Å². The molecule has 0 fully saturated rings. The fourth-order valence-electron chi connectivity index (χ4n) is 2.83. The third-order valence-corrected chi connectivity index (χ3v) is 4.51. The summed E-state index contributed by atoms with van der Waals surface area (Å²) >= 11 is 0. The molecule has 1 atom stereocenters. The van der Waals surface area contributed by atoms with Crippen LogP contribution in [-0.4, -0.2) is 36.9 Å². The largest absolute Gasteiger partial charge is 0.478 e. The molecule has 1 aromatic carbocycles. The molecular formula is C21H29NO5. The molecule has 0 spiro atoms. The van der Waals surface area contributed by atoms with E-state index in [1.807, 2.05) is 13.8 Å². The Balaban J connectivity index is 2.28. The van der Waals surface area contributed by atoms with E-state index in [1.165, 1.54) is 4.90 Å². The van der Waals surface area contributed by atoms with E-state index in [4.69, 9.17) is 9.47 Å². The zero-order chi connectivity index (χ0) is 20.1. The Bertz CT molecular complexity index is 711. The monoisotopic (exact) mass is 375 g/mol. The number of fused-ring (bicyclic) bond motifs is 1. The Morgan fingerprint density at radius 1 is 1.22 bits per heavy atom. The van der Waals surface area contributed by atoms with Gasteiger partial charge in [0.2, 0.25) is 0 Å². The number of rotatable bonds is 8. The minimum Gasteiger partial charge on any atom is -0.478 e. The van der Waals surface area contributed by atoms with Crippen LogP contribution in [0.1, 0.15) is 57.8 Å². The molecule has 0 bridgehead atoms. The number of carbonyl (C=O) groups excluding carboxylic acids is 3. The summed E-state index contributed by atoms with van der Waals surface area (Å²) in [6.45, 7) is 9.79. The van der Waals surface area contributed by atoms with Crippen molar-refractivity contribution in [3.63, 3.8) is 0 Å². The van der Waals surface area contributed by atoms with E-state index in [9.17, 15) is 14.4 Å². The molecular weight excluding hydrogens is 346 g/mol. The van der Waals surface area contributed by atoms with Crippen molar-refractivity contribution in [1.82, 2.24) is 0 Å². The normalized spacial score (nSPS) is 16.3. The summed E-state index contributed by atoms with van der Waals surface area (Å²) in [5.74, 6) is 0.0798. The standard InChI is InChI=1S/C21H29NO5/c1-6-17(23)15-7-8-18-16(11-15)22(21(25)20(27-18)14(4)5)12-19(24)26-10-9-13(2)3/h7-8,11,13-14,20H,6,9-10,12H2,1-5H3. The smallest absolute Gasteiger partial charge is 0.326 e. The van der Waals surface area contributed by atoms with Crippen LogP contribution in [0.4, 0.5) is 5.69 Å². The van der Waals surface area contributed by atoms with Crippen LogP contribution in [-0.2, 0) is 14.3 Å². The molecule has 6 heteroatoms. The third-order valence-electron chi connectivity index (χ3n) is 4.51. The van der Waals surface area contributed by atoms with Crippen LogP contribution in [0.15, 0.2) is 18.2 Å². The lowest BCUT2D eigenvalue weighted by Gasteiger charge is -2.35. The second-order valence-corrected chi connectivity index (χ2v) is 7.57. The van der Waals surface area contributed by atoms with E-state index in [0.717, 1.165) is 6.42 Å². The molecule has 27 heavy (non-hydrogen) atoms. The zero-order valence-corrected chi connectivity index (χ0v) is 16.8. The number of carbonyl (C=O) groups is 3. The van der Waals surface area contributed by atoms with Gasteiger partial charge in [0.05, 0.1) is 12.3 Å². The molecule has 1 heterocycles. The topological polar surface area (TPSA) is 72.9 Å². The summed E-state index contributed by atoms with van der Waals surface area (Å²) in [5.41, 5.74) is 0.936. The molecule has 0 aliphatic carbocycles. The van der Waals surface area contributed by atoms with E-state index in [0.29, 0.717) is 35.9 Å². The maximum Gasteiger partial charge on any atom is 0.326 e. The van der Waals surface area contributed by atoms with E-state index in [-0.39, 0.29) is 24.2 Å². The minimum atomic E-state index is -0.673. The van der Waals surface area contributed by atoms with Crippen molar-refractivity contribution >= 4 is 23.3 Å². The number of Topliss-reactive ketones (excluding diaryl/α,β-unsaturated/α-hetero) is 1. The number of ketones is 1. The first-order chi connectivity index (χ1) is 12.7. The quantitative estimate of drug-likeness (QED) is 0.512. The molecule has 0 saturated heterocycles. The number of hydrogen-bond acceptors (Lipinski definition) is 5. The minimum absolute atomic E-state index is 0.0318. The van der Waals surface area contributed by atoms with E-state index in [2.05, 4.69) is 13.8 Å². The van der Waals surface area contributed by atoms with Gasteiger partial charge in [-0.05, 0) is 36.5 Å². The van der Waals surface area contributed by atoms with Crippen LogP contribution in [0.3, 0.4) is 0 Å². The summed E-state index contributed by atoms with van der Waals surface area (Å²) in [6, 6.07) is 5.01. The summed E-state index contributed by atoms with van der Waals surface area (Å²) in [7, 11) is 0. The number of anilines is 1. The van der Waals surface area contributed by atoms with Crippen LogP contribution >= 0.6 is 0 Å². The van der Waals surface area contributed by atoms with Crippen LogP contribution < -0.4 is 9.64 Å². The van der Waals surface area contributed by atoms with Gasteiger partial charge in [0.15, 0.2) is 11.9 Å². The van der Waals surface area contributed by atoms with Gasteiger partial charge in [-0.25, -0.2) is 0 Å². The molecule has 1 aromatic rings. The Morgan fingerprint density at radius 3 is 2.52 bits per heavy atom. The SMILES string of the molecule is CCC(=O)c1ccc2c(c1)N(CC(=O)OCCC(C)C)C(=O)C(C(C)C)O2. The van der Waals surface area contributed by atoms with Crippen LogP contribution in [0, 0.1) is 11.8 Å². The second kappa shape index (κ2) is 9.02. The van der Waals surface area contributed by atoms with Crippen molar-refractivity contribution in [2.75, 3.05) is 18.1 Å². The van der Waals surface area contributed by atoms with E-state index in [1.54, 1.807) is 25.1 Å². The van der Waals surface area contributed by atoms with Gasteiger partial charge in [0, 0.05) is 12.0 Å². The number of hydrogen-bond donors (Lipinski definition) is 0. The van der Waals surface area contributed by atoms with Crippen LogP contribution in [0.25, 0.3) is 0 Å². The van der Waals surface area contributed by atoms with Crippen LogP contribution in [0.5, 0.6) is 5.75 Å². The molecule has 0 aromatic heterocycles. The Labute approximate surface area is 160 Å². The van der Waals surface area contributed by atoms with Crippen molar-refractivity contribution in [1.29, 1.82) is 0 Å². The second-order valence-electron chi connectivity index (χ2n) is 7.57. The van der Waals surface area contributed by atoms with Gasteiger partial charge in [-0.15, -0.1) is 0 Å². The van der Waals surface area contributed by atoms with Crippen molar-refractivity contribution in [3.8, 4) is 5.75 Å². The first kappa shape index (κ1) is 20.9. The highest BCUT2D eigenvalue weighted by Crippen LogP contribution is 2.36. The number of amides is 1. The summed E-state index contributed by atoms with van der Waals surface area (Å²) in [4.78, 5) is 38.6. The highest BCUT2D eigenvalue weighted by Gasteiger charge is 2.37. The van der Waals surface area contributed by atoms with Crippen molar-refractivity contribution in [3.05, 3.63) is 23.8 Å². The van der Waals surface area contributed by atoms with Gasteiger partial charge < -0.3 is 9.47 Å². The first-order valence-corrected chi connectivity index (χ1v) is 9.55. The fourth-order valence-corrected chi connectivity index (χ4v) is 2.83. The number of benzene rings is 1. The number of ether oxygens (including phenoxy) is 2. The number of esters is 1. The highest BCUT2D eigenvalue weighted by molar-refractivity contribution is 6.05. The van der Waals surface area contributed by atoms with Gasteiger partial charge in [-0.1, -0.05) is 34.6 Å². The molecule has 1 unspecified atom stereocenters. The fraction of sp³-hybridized carbons (Fsp3) is 0.571. The van der Waals surface area contributed by atoms with Gasteiger partial charge >= 0.3 is 5.97 Å². The maximum absolute atomic E-state index is 12.9. The maximum atomic E-state index is 12.9. The summed E-state index contributed by atoms with van der Waals surface area (Å²) in [5, 5.41) is 0. The third kappa shape index (κ3) is 5.08. The molecule has 0 N–H and O–H groups in total. The first-order valence-electron chi connectivity index (χ1n) is 9.55. The Hall–Kier alpha value is -2.37. The zero-order valence-electron chi connectivity index (χ0n) is 16.8. The van der Waals surface area contributed by atoms with Crippen LogP contribution in [0.2, 0.25) is 0 Å². The van der Waals surface area contributed by atoms with Gasteiger partial charge in [-0.2, -0.15) is 0 Å². The average Bonchev–Trinajstić information content (AvgIpc) is 2.62. The highest BCUT2D eigenvalue weighted by atomic mass is 16.5. The molecule has 2 rings (SSSR count). The van der Waals surface area contributed by atoms with Gasteiger partial charge in [0.1, 0.15) is 12.3 Å². The predicted molar refractivity (Wildman–Crippen MR) is 103 cm³/mol. The molecule has 0 radical (unpaired) electrons. The lowest BCUT2D eigenvalue weighted by molar-refractivity contribution is -0.144. The summed E-state index contributed by atoms with van der Waals surface area (Å²) < 4.78 is 11.1. The Kier molecular flexibility index (Phi) is 6.99. The molecule has 1 amide bonds. The molecule has 1 aliphatic rings.